The van der Waals surface area contributed by atoms with E-state index >= 15 is 0 Å². The van der Waals surface area contributed by atoms with Gasteiger partial charge in [-0.05, 0) is 49.8 Å². The zero-order chi connectivity index (χ0) is 21.0. The lowest BCUT2D eigenvalue weighted by Gasteiger charge is -2.37. The van der Waals surface area contributed by atoms with Crippen molar-refractivity contribution < 1.29 is 19.2 Å². The van der Waals surface area contributed by atoms with Gasteiger partial charge in [0.2, 0.25) is 0 Å². The summed E-state index contributed by atoms with van der Waals surface area (Å²) in [5, 5.41) is 13.9. The zero-order valence-corrected chi connectivity index (χ0v) is 16.8. The lowest BCUT2D eigenvalue weighted by atomic mass is 9.85. The number of nitrogens with zero attached hydrogens (tertiary/aromatic N) is 2. The van der Waals surface area contributed by atoms with Gasteiger partial charge in [-0.25, -0.2) is 0 Å². The number of carbonyl (C=O) groups excluding carboxylic acids is 1. The van der Waals surface area contributed by atoms with E-state index in [0.717, 1.165) is 25.1 Å². The van der Waals surface area contributed by atoms with Crippen molar-refractivity contribution in [2.45, 2.75) is 18.4 Å². The third kappa shape index (κ3) is 4.65. The van der Waals surface area contributed by atoms with E-state index in [0.29, 0.717) is 17.1 Å². The number of nitrogens with one attached hydrogen (secondary N) is 1. The summed E-state index contributed by atoms with van der Waals surface area (Å²) in [5.41, 5.74) is 1.42. The monoisotopic (exact) mass is 399 g/mol. The van der Waals surface area contributed by atoms with Crippen molar-refractivity contribution in [3.63, 3.8) is 0 Å². The highest BCUT2D eigenvalue weighted by Crippen LogP contribution is 2.34. The molecule has 1 saturated heterocycles. The fourth-order valence-corrected chi connectivity index (χ4v) is 3.70. The number of nitro groups is 1. The topological polar surface area (TPSA) is 93.9 Å². The largest absolute Gasteiger partial charge is 0.493 e. The van der Waals surface area contributed by atoms with Crippen molar-refractivity contribution in [1.82, 2.24) is 10.2 Å². The molecule has 0 unspecified atom stereocenters. The molecule has 8 nitrogen and oxygen atoms in total. The van der Waals surface area contributed by atoms with Crippen LogP contribution in [0.2, 0.25) is 0 Å². The van der Waals surface area contributed by atoms with Gasteiger partial charge >= 0.3 is 0 Å². The van der Waals surface area contributed by atoms with Crippen LogP contribution in [0.4, 0.5) is 5.69 Å². The molecule has 1 N–H and O–H groups in total. The Hall–Kier alpha value is -3.13. The van der Waals surface area contributed by atoms with E-state index in [9.17, 15) is 14.9 Å². The highest BCUT2D eigenvalue weighted by atomic mass is 16.6. The van der Waals surface area contributed by atoms with Crippen LogP contribution >= 0.6 is 0 Å². The van der Waals surface area contributed by atoms with Crippen molar-refractivity contribution in [2.24, 2.45) is 0 Å². The van der Waals surface area contributed by atoms with Gasteiger partial charge in [-0.3, -0.25) is 14.9 Å². The summed E-state index contributed by atoms with van der Waals surface area (Å²) in [6, 6.07) is 11.4. The molecular weight excluding hydrogens is 374 g/mol. The van der Waals surface area contributed by atoms with Crippen LogP contribution in [0, 0.1) is 10.1 Å². The third-order valence-corrected chi connectivity index (χ3v) is 5.31. The molecule has 1 heterocycles. The van der Waals surface area contributed by atoms with Crippen LogP contribution in [-0.2, 0) is 0 Å². The minimum absolute atomic E-state index is 0.0379. The maximum atomic E-state index is 12.7. The van der Waals surface area contributed by atoms with Crippen LogP contribution in [-0.4, -0.2) is 56.1 Å². The Labute approximate surface area is 169 Å². The van der Waals surface area contributed by atoms with E-state index in [1.54, 1.807) is 14.2 Å². The second kappa shape index (κ2) is 8.91. The number of benzene rings is 2. The van der Waals surface area contributed by atoms with Gasteiger partial charge in [0.1, 0.15) is 0 Å². The van der Waals surface area contributed by atoms with Crippen LogP contribution < -0.4 is 14.8 Å². The summed E-state index contributed by atoms with van der Waals surface area (Å²) in [7, 11) is 5.25. The van der Waals surface area contributed by atoms with Gasteiger partial charge in [-0.1, -0.05) is 6.07 Å². The van der Waals surface area contributed by atoms with Gasteiger partial charge in [0.25, 0.3) is 11.6 Å². The number of ether oxygens (including phenoxy) is 2. The molecule has 0 aliphatic carbocycles. The first-order valence-electron chi connectivity index (χ1n) is 9.38. The Kier molecular flexibility index (Phi) is 6.33. The van der Waals surface area contributed by atoms with Crippen LogP contribution in [0.3, 0.4) is 0 Å². The molecule has 2 aromatic rings. The average molecular weight is 399 g/mol. The number of nitro benzene ring substituents is 1. The molecule has 0 spiro atoms. The lowest BCUT2D eigenvalue weighted by Crippen LogP contribution is -2.48. The highest BCUT2D eigenvalue weighted by molar-refractivity contribution is 5.94. The first-order valence-corrected chi connectivity index (χ1v) is 9.38. The van der Waals surface area contributed by atoms with Gasteiger partial charge < -0.3 is 19.7 Å². The van der Waals surface area contributed by atoms with E-state index in [2.05, 4.69) is 17.3 Å². The van der Waals surface area contributed by atoms with Crippen LogP contribution in [0.15, 0.2) is 42.5 Å². The van der Waals surface area contributed by atoms with E-state index in [-0.39, 0.29) is 23.6 Å². The number of hydrogen-bond acceptors (Lipinski definition) is 6. The first-order chi connectivity index (χ1) is 13.9. The van der Waals surface area contributed by atoms with E-state index < -0.39 is 4.92 Å². The summed E-state index contributed by atoms with van der Waals surface area (Å²) in [5.74, 6) is 1.15. The number of hydrogen-bond donors (Lipinski definition) is 1. The van der Waals surface area contributed by atoms with Crippen molar-refractivity contribution in [2.75, 3.05) is 34.4 Å². The Morgan fingerprint density at radius 3 is 2.45 bits per heavy atom. The van der Waals surface area contributed by atoms with Crippen LogP contribution in [0.25, 0.3) is 0 Å². The number of amides is 1. The zero-order valence-electron chi connectivity index (χ0n) is 16.8. The maximum Gasteiger partial charge on any atom is 0.269 e. The molecule has 1 aliphatic rings. The van der Waals surface area contributed by atoms with Crippen molar-refractivity contribution in [1.29, 1.82) is 0 Å². The van der Waals surface area contributed by atoms with Gasteiger partial charge in [0, 0.05) is 36.2 Å². The maximum absolute atomic E-state index is 12.7. The molecule has 0 bridgehead atoms. The molecule has 1 amide bonds. The molecule has 29 heavy (non-hydrogen) atoms. The second-order valence-corrected chi connectivity index (χ2v) is 7.16. The molecule has 8 heteroatoms. The first kappa shape index (κ1) is 20.6. The molecule has 1 fully saturated rings. The van der Waals surface area contributed by atoms with Crippen molar-refractivity contribution >= 4 is 11.6 Å². The molecule has 0 aromatic heterocycles. The number of likely N-dealkylation sites (N-methyl/N-ethyl adjacent to an activating group) is 1. The Bertz CT molecular complexity index is 884. The lowest BCUT2D eigenvalue weighted by molar-refractivity contribution is -0.384. The quantitative estimate of drug-likeness (QED) is 0.593. The number of piperidine rings is 1. The van der Waals surface area contributed by atoms with Gasteiger partial charge in [0.05, 0.1) is 19.1 Å². The number of non-ortho nitro benzene ring substituents is 1. The Morgan fingerprint density at radius 1 is 1.14 bits per heavy atom. The van der Waals surface area contributed by atoms with E-state index in [4.69, 9.17) is 9.47 Å². The minimum Gasteiger partial charge on any atom is -0.493 e. The summed E-state index contributed by atoms with van der Waals surface area (Å²) >= 11 is 0. The normalized spacial score (nSPS) is 19.4. The molecule has 3 rings (SSSR count). The summed E-state index contributed by atoms with van der Waals surface area (Å²) < 4.78 is 10.8. The van der Waals surface area contributed by atoms with E-state index in [1.807, 2.05) is 18.2 Å². The third-order valence-electron chi connectivity index (χ3n) is 5.31. The SMILES string of the molecule is COc1ccc([C@H]2CN(C)CC[C@H]2NC(=O)c2ccc([N+](=O)[O-])cc2)cc1OC. The summed E-state index contributed by atoms with van der Waals surface area (Å²) in [4.78, 5) is 25.3. The van der Waals surface area contributed by atoms with Crippen LogP contribution in [0.1, 0.15) is 28.3 Å². The molecule has 1 aliphatic heterocycles. The fourth-order valence-electron chi connectivity index (χ4n) is 3.70. The number of carbonyl (C=O) groups is 1. The predicted octanol–water partition coefficient (Wildman–Crippen LogP) is 2.83. The predicted molar refractivity (Wildman–Crippen MR) is 109 cm³/mol. The Morgan fingerprint density at radius 2 is 1.83 bits per heavy atom. The van der Waals surface area contributed by atoms with Gasteiger partial charge in [0.15, 0.2) is 11.5 Å². The standard InChI is InChI=1S/C21H25N3O5/c1-23-11-10-18(22-21(25)14-4-7-16(8-5-14)24(26)27)17(13-23)15-6-9-19(28-2)20(12-15)29-3/h4-9,12,17-18H,10-11,13H2,1-3H3,(H,22,25)/t17-,18-/m1/s1. The molecular formula is C21H25N3O5. The molecule has 2 aromatic carbocycles. The fraction of sp³-hybridized carbons (Fsp3) is 0.381. The average Bonchev–Trinajstić information content (AvgIpc) is 2.74. The molecule has 154 valence electrons. The number of likely N-dealkylation sites (tertiary alicyclic amines) is 1. The van der Waals surface area contributed by atoms with Gasteiger partial charge in [-0.2, -0.15) is 0 Å². The van der Waals surface area contributed by atoms with E-state index in [1.165, 1.54) is 24.3 Å². The van der Waals surface area contributed by atoms with Crippen LogP contribution in [0.5, 0.6) is 11.5 Å². The molecule has 2 atom stereocenters. The second-order valence-electron chi connectivity index (χ2n) is 7.16. The summed E-state index contributed by atoms with van der Waals surface area (Å²) in [6.45, 7) is 1.66. The summed E-state index contributed by atoms with van der Waals surface area (Å²) in [6.07, 6.45) is 0.800. The minimum atomic E-state index is -0.480. The molecule has 0 radical (unpaired) electrons. The smallest absolute Gasteiger partial charge is 0.269 e. The number of rotatable bonds is 6. The van der Waals surface area contributed by atoms with Crippen molar-refractivity contribution in [3.8, 4) is 11.5 Å². The molecule has 0 saturated carbocycles. The van der Waals surface area contributed by atoms with Gasteiger partial charge in [-0.15, -0.1) is 0 Å². The van der Waals surface area contributed by atoms with Crippen molar-refractivity contribution in [3.05, 3.63) is 63.7 Å². The number of methoxy groups -OCH3 is 2. The highest BCUT2D eigenvalue weighted by Gasteiger charge is 2.31. The Balaban J connectivity index is 1.81.